The number of nitrogens with one attached hydrogen (secondary N) is 4. The molecule has 0 saturated heterocycles. The van der Waals surface area contributed by atoms with E-state index in [4.69, 9.17) is 10.2 Å². The lowest BCUT2D eigenvalue weighted by Gasteiger charge is -2.14. The largest absolute Gasteiger partial charge is 0.493 e. The zero-order valence-electron chi connectivity index (χ0n) is 16.0. The summed E-state index contributed by atoms with van der Waals surface area (Å²) in [4.78, 5) is 5.34. The van der Waals surface area contributed by atoms with Gasteiger partial charge in [0.25, 0.3) is 0 Å². The number of halogens is 1. The maximum absolute atomic E-state index is 13.7. The van der Waals surface area contributed by atoms with Gasteiger partial charge in [-0.05, 0) is 25.1 Å². The highest BCUT2D eigenvalue weighted by Crippen LogP contribution is 2.38. The van der Waals surface area contributed by atoms with Crippen molar-refractivity contribution in [2.75, 3.05) is 29.7 Å². The smallest absolute Gasteiger partial charge is 0.221 e. The normalized spacial score (nSPS) is 10.7. The summed E-state index contributed by atoms with van der Waals surface area (Å²) in [5.41, 5.74) is 4.10. The Morgan fingerprint density at radius 1 is 1.39 bits per heavy atom. The highest BCUT2D eigenvalue weighted by atomic mass is 19.1. The number of hydrogen-bond donors (Lipinski definition) is 5. The number of anilines is 3. The Hall–Kier alpha value is -3.56. The third-order valence-electron chi connectivity index (χ3n) is 3.75. The van der Waals surface area contributed by atoms with Gasteiger partial charge in [-0.2, -0.15) is 5.11 Å². The van der Waals surface area contributed by atoms with Crippen LogP contribution in [0.4, 0.5) is 27.3 Å². The molecule has 0 aliphatic heterocycles. The Morgan fingerprint density at radius 3 is 2.75 bits per heavy atom. The summed E-state index contributed by atoms with van der Waals surface area (Å²) < 4.78 is 15.1. The molecule has 1 heterocycles. The fourth-order valence-corrected chi connectivity index (χ4v) is 2.46. The van der Waals surface area contributed by atoms with Gasteiger partial charge >= 0.3 is 0 Å². The maximum Gasteiger partial charge on any atom is 0.221 e. The summed E-state index contributed by atoms with van der Waals surface area (Å²) in [7, 11) is 3.04. The van der Waals surface area contributed by atoms with Crippen LogP contribution in [0.1, 0.15) is 18.9 Å². The predicted octanol–water partition coefficient (Wildman–Crippen LogP) is 4.33. The van der Waals surface area contributed by atoms with E-state index >= 15 is 0 Å². The molecule has 5 N–H and O–H groups in total. The monoisotopic (exact) mass is 389 g/mol. The van der Waals surface area contributed by atoms with Gasteiger partial charge in [0.2, 0.25) is 11.8 Å². The van der Waals surface area contributed by atoms with Crippen LogP contribution in [0.3, 0.4) is 0 Å². The number of rotatable bonds is 10. The van der Waals surface area contributed by atoms with E-state index in [1.165, 1.54) is 23.7 Å². The van der Waals surface area contributed by atoms with Crippen molar-refractivity contribution in [2.24, 2.45) is 17.3 Å². The molecule has 0 spiro atoms. The van der Waals surface area contributed by atoms with Crippen molar-refractivity contribution in [2.45, 2.75) is 13.3 Å². The molecular formula is C18H24FN7O2. The summed E-state index contributed by atoms with van der Waals surface area (Å²) in [6, 6.07) is 4.37. The minimum atomic E-state index is -0.418. The van der Waals surface area contributed by atoms with Crippen LogP contribution in [0.2, 0.25) is 0 Å². The van der Waals surface area contributed by atoms with Crippen molar-refractivity contribution in [3.63, 3.8) is 0 Å². The molecule has 9 nitrogen and oxygen atoms in total. The molecule has 150 valence electrons. The number of hydrogen-bond acceptors (Lipinski definition) is 8. The summed E-state index contributed by atoms with van der Waals surface area (Å²) in [6.45, 7) is 6.47. The SMILES string of the molecule is C=C(Nc1c(C=N)c(N=NC)c(O)n1C)ONc1cc(F)cc(NCCC)c1. The lowest BCUT2D eigenvalue weighted by Crippen LogP contribution is -2.11. The number of aromatic nitrogens is 1. The Bertz CT molecular complexity index is 893. The van der Waals surface area contributed by atoms with Crippen molar-refractivity contribution < 1.29 is 14.3 Å². The lowest BCUT2D eigenvalue weighted by molar-refractivity contribution is 0.291. The summed E-state index contributed by atoms with van der Waals surface area (Å²) >= 11 is 0. The zero-order chi connectivity index (χ0) is 20.7. The van der Waals surface area contributed by atoms with Crippen LogP contribution in [0.15, 0.2) is 40.9 Å². The molecule has 28 heavy (non-hydrogen) atoms. The van der Waals surface area contributed by atoms with E-state index in [0.29, 0.717) is 22.8 Å². The van der Waals surface area contributed by atoms with Gasteiger partial charge in [-0.1, -0.05) is 6.92 Å². The molecular weight excluding hydrogens is 365 g/mol. The van der Waals surface area contributed by atoms with E-state index in [-0.39, 0.29) is 17.5 Å². The van der Waals surface area contributed by atoms with Gasteiger partial charge in [0, 0.05) is 38.6 Å². The Kier molecular flexibility index (Phi) is 6.96. The average Bonchev–Trinajstić information content (AvgIpc) is 2.89. The number of azo groups is 1. The zero-order valence-corrected chi connectivity index (χ0v) is 16.0. The first-order valence-corrected chi connectivity index (χ1v) is 8.56. The Morgan fingerprint density at radius 2 is 2.11 bits per heavy atom. The Labute approximate surface area is 162 Å². The van der Waals surface area contributed by atoms with Crippen molar-refractivity contribution >= 4 is 29.1 Å². The van der Waals surface area contributed by atoms with Crippen LogP contribution < -0.4 is 16.1 Å². The molecule has 2 rings (SSSR count). The fourth-order valence-electron chi connectivity index (χ4n) is 2.46. The highest BCUT2D eigenvalue weighted by Gasteiger charge is 2.20. The van der Waals surface area contributed by atoms with Crippen molar-refractivity contribution in [3.05, 3.63) is 42.0 Å². The molecule has 0 fully saturated rings. The topological polar surface area (TPSA) is 119 Å². The molecule has 1 aromatic carbocycles. The third-order valence-corrected chi connectivity index (χ3v) is 3.75. The van der Waals surface area contributed by atoms with E-state index in [0.717, 1.165) is 19.2 Å². The molecule has 0 unspecified atom stereocenters. The van der Waals surface area contributed by atoms with Gasteiger partial charge in [-0.3, -0.25) is 4.57 Å². The molecule has 0 radical (unpaired) electrons. The lowest BCUT2D eigenvalue weighted by atomic mass is 10.2. The van der Waals surface area contributed by atoms with E-state index < -0.39 is 5.82 Å². The van der Waals surface area contributed by atoms with Gasteiger partial charge in [0.05, 0.1) is 11.3 Å². The average molecular weight is 389 g/mol. The van der Waals surface area contributed by atoms with Crippen LogP contribution >= 0.6 is 0 Å². The molecule has 2 aromatic rings. The van der Waals surface area contributed by atoms with Gasteiger partial charge in [0.15, 0.2) is 5.69 Å². The van der Waals surface area contributed by atoms with Gasteiger partial charge in [-0.15, -0.1) is 5.11 Å². The molecule has 0 aliphatic carbocycles. The second-order valence-corrected chi connectivity index (χ2v) is 5.85. The molecule has 0 atom stereocenters. The van der Waals surface area contributed by atoms with Crippen molar-refractivity contribution in [1.29, 1.82) is 5.41 Å². The number of nitrogens with zero attached hydrogens (tertiary/aromatic N) is 3. The predicted molar refractivity (Wildman–Crippen MR) is 108 cm³/mol. The molecule has 0 aliphatic rings. The first-order valence-electron chi connectivity index (χ1n) is 8.56. The molecule has 0 amide bonds. The van der Waals surface area contributed by atoms with Crippen LogP contribution in [0.25, 0.3) is 0 Å². The summed E-state index contributed by atoms with van der Waals surface area (Å²) in [5.74, 6) is -0.176. The van der Waals surface area contributed by atoms with Gasteiger partial charge in [0.1, 0.15) is 11.6 Å². The van der Waals surface area contributed by atoms with Crippen molar-refractivity contribution in [1.82, 2.24) is 4.57 Å². The standard InChI is InChI=1S/C18H24FN7O2/c1-5-6-22-13-7-12(19)8-14(9-13)25-28-11(2)23-17-15(10-20)16(24-21-3)18(27)26(17)4/h7-10,20,22-23,25,27H,2,5-6H2,1,3-4H3. The van der Waals surface area contributed by atoms with Crippen LogP contribution in [0.5, 0.6) is 5.88 Å². The first kappa shape index (κ1) is 20.7. The third kappa shape index (κ3) is 4.78. The van der Waals surface area contributed by atoms with Crippen molar-refractivity contribution in [3.8, 4) is 5.88 Å². The molecule has 0 saturated carbocycles. The number of aromatic hydroxyl groups is 1. The van der Waals surface area contributed by atoms with Crippen LogP contribution in [-0.2, 0) is 11.9 Å². The molecule has 1 aromatic heterocycles. The fraction of sp³-hybridized carbons (Fsp3) is 0.278. The summed E-state index contributed by atoms with van der Waals surface area (Å²) in [5, 5.41) is 31.1. The minimum absolute atomic E-state index is 0.0658. The quantitative estimate of drug-likeness (QED) is 0.179. The first-order chi connectivity index (χ1) is 13.4. The second-order valence-electron chi connectivity index (χ2n) is 5.85. The maximum atomic E-state index is 13.7. The van der Waals surface area contributed by atoms with Gasteiger partial charge < -0.3 is 26.0 Å². The van der Waals surface area contributed by atoms with Gasteiger partial charge in [-0.25, -0.2) is 9.87 Å². The van der Waals surface area contributed by atoms with E-state index in [2.05, 4.69) is 32.9 Å². The van der Waals surface area contributed by atoms with Crippen LogP contribution in [-0.4, -0.2) is 29.5 Å². The number of benzene rings is 1. The highest BCUT2D eigenvalue weighted by molar-refractivity contribution is 5.94. The molecule has 10 heteroatoms. The summed E-state index contributed by atoms with van der Waals surface area (Å²) in [6.07, 6.45) is 1.94. The minimum Gasteiger partial charge on any atom is -0.493 e. The van der Waals surface area contributed by atoms with E-state index in [1.807, 2.05) is 6.92 Å². The van der Waals surface area contributed by atoms with E-state index in [1.54, 1.807) is 13.1 Å². The van der Waals surface area contributed by atoms with Crippen LogP contribution in [0, 0.1) is 11.2 Å². The molecule has 0 bridgehead atoms. The Balaban J connectivity index is 2.10. The van der Waals surface area contributed by atoms with E-state index in [9.17, 15) is 9.50 Å². The second kappa shape index (κ2) is 9.40.